The first kappa shape index (κ1) is 12.9. The summed E-state index contributed by atoms with van der Waals surface area (Å²) in [4.78, 5) is 22.0. The largest absolute Gasteiger partial charge is 0.354 e. The van der Waals surface area contributed by atoms with Crippen molar-refractivity contribution in [2.45, 2.75) is 26.8 Å². The van der Waals surface area contributed by atoms with E-state index in [1.807, 2.05) is 13.8 Å². The number of hydrogen-bond donors (Lipinski definition) is 3. The van der Waals surface area contributed by atoms with Gasteiger partial charge >= 0.3 is 0 Å². The van der Waals surface area contributed by atoms with Gasteiger partial charge in [-0.2, -0.15) is 0 Å². The van der Waals surface area contributed by atoms with Gasteiger partial charge in [0.05, 0.1) is 6.04 Å². The number of amides is 2. The maximum absolute atomic E-state index is 11.1. The zero-order chi connectivity index (χ0) is 11.1. The van der Waals surface area contributed by atoms with Crippen LogP contribution in [0.4, 0.5) is 0 Å². The summed E-state index contributed by atoms with van der Waals surface area (Å²) in [5.41, 5.74) is 5.33. The van der Waals surface area contributed by atoms with Crippen molar-refractivity contribution in [2.24, 2.45) is 11.7 Å². The molecule has 4 N–H and O–H groups in total. The summed E-state index contributed by atoms with van der Waals surface area (Å²) in [5, 5.41) is 5.28. The standard InChI is InChI=1S/C9H19N3O2/c1-6(2)8(13)11-4-5-12-9(14)7(3)10/h6-7H,4-5,10H2,1-3H3,(H,11,13)(H,12,14)/t7-/m1/s1. The molecule has 1 atom stereocenters. The topological polar surface area (TPSA) is 84.2 Å². The highest BCUT2D eigenvalue weighted by Gasteiger charge is 2.07. The van der Waals surface area contributed by atoms with Crippen LogP contribution >= 0.6 is 0 Å². The SMILES string of the molecule is CC(C)C(=O)NCCNC(=O)[C@@H](C)N. The van der Waals surface area contributed by atoms with Gasteiger partial charge in [-0.15, -0.1) is 0 Å². The minimum absolute atomic E-state index is 0.0138. The van der Waals surface area contributed by atoms with Crippen molar-refractivity contribution in [1.82, 2.24) is 10.6 Å². The van der Waals surface area contributed by atoms with Crippen molar-refractivity contribution < 1.29 is 9.59 Å². The average Bonchev–Trinajstić information content (AvgIpc) is 2.11. The van der Waals surface area contributed by atoms with E-state index in [-0.39, 0.29) is 17.7 Å². The first-order valence-electron chi connectivity index (χ1n) is 4.76. The molecule has 0 aliphatic carbocycles. The van der Waals surface area contributed by atoms with Crippen molar-refractivity contribution in [3.8, 4) is 0 Å². The van der Waals surface area contributed by atoms with Gasteiger partial charge < -0.3 is 16.4 Å². The number of hydrogen-bond acceptors (Lipinski definition) is 3. The second kappa shape index (κ2) is 6.37. The summed E-state index contributed by atoms with van der Waals surface area (Å²) in [6.07, 6.45) is 0. The van der Waals surface area contributed by atoms with Crippen LogP contribution in [0.1, 0.15) is 20.8 Å². The Morgan fingerprint density at radius 1 is 1.07 bits per heavy atom. The molecule has 0 fully saturated rings. The van der Waals surface area contributed by atoms with Crippen molar-refractivity contribution in [3.63, 3.8) is 0 Å². The predicted molar refractivity (Wildman–Crippen MR) is 54.5 cm³/mol. The molecule has 0 aliphatic heterocycles. The van der Waals surface area contributed by atoms with Crippen LogP contribution < -0.4 is 16.4 Å². The van der Waals surface area contributed by atoms with Gasteiger partial charge in [-0.25, -0.2) is 0 Å². The van der Waals surface area contributed by atoms with Gasteiger partial charge in [0.25, 0.3) is 0 Å². The smallest absolute Gasteiger partial charge is 0.236 e. The van der Waals surface area contributed by atoms with Gasteiger partial charge in [-0.3, -0.25) is 9.59 Å². The molecule has 2 amide bonds. The molecule has 0 saturated carbocycles. The Hall–Kier alpha value is -1.10. The van der Waals surface area contributed by atoms with Crippen LogP contribution in [-0.2, 0) is 9.59 Å². The molecule has 14 heavy (non-hydrogen) atoms. The van der Waals surface area contributed by atoms with E-state index in [0.717, 1.165) is 0 Å². The fraction of sp³-hybridized carbons (Fsp3) is 0.778. The van der Waals surface area contributed by atoms with Crippen molar-refractivity contribution in [2.75, 3.05) is 13.1 Å². The van der Waals surface area contributed by atoms with Crippen LogP contribution in [0.3, 0.4) is 0 Å². The fourth-order valence-electron chi connectivity index (χ4n) is 0.737. The highest BCUT2D eigenvalue weighted by Crippen LogP contribution is 1.88. The number of nitrogens with two attached hydrogens (primary N) is 1. The van der Waals surface area contributed by atoms with Gasteiger partial charge in [0.1, 0.15) is 0 Å². The lowest BCUT2D eigenvalue weighted by Crippen LogP contribution is -2.42. The Labute approximate surface area is 84.4 Å². The maximum Gasteiger partial charge on any atom is 0.236 e. The normalized spacial score (nSPS) is 12.4. The summed E-state index contributed by atoms with van der Waals surface area (Å²) in [7, 11) is 0. The molecule has 0 aromatic carbocycles. The molecule has 0 aromatic rings. The van der Waals surface area contributed by atoms with Gasteiger partial charge in [-0.05, 0) is 6.92 Å². The Bertz CT molecular complexity index is 180. The van der Waals surface area contributed by atoms with Crippen LogP contribution in [-0.4, -0.2) is 30.9 Å². The van der Waals surface area contributed by atoms with E-state index in [1.54, 1.807) is 6.92 Å². The lowest BCUT2D eigenvalue weighted by atomic mass is 10.2. The van der Waals surface area contributed by atoms with Gasteiger partial charge in [-0.1, -0.05) is 13.8 Å². The van der Waals surface area contributed by atoms with E-state index in [2.05, 4.69) is 10.6 Å². The molecule has 5 nitrogen and oxygen atoms in total. The second-order valence-electron chi connectivity index (χ2n) is 3.53. The molecule has 0 aromatic heterocycles. The van der Waals surface area contributed by atoms with Crippen LogP contribution in [0.5, 0.6) is 0 Å². The monoisotopic (exact) mass is 201 g/mol. The van der Waals surface area contributed by atoms with Gasteiger partial charge in [0.15, 0.2) is 0 Å². The van der Waals surface area contributed by atoms with Crippen LogP contribution in [0, 0.1) is 5.92 Å². The molecule has 0 heterocycles. The molecule has 0 bridgehead atoms. The van der Waals surface area contributed by atoms with E-state index >= 15 is 0 Å². The highest BCUT2D eigenvalue weighted by molar-refractivity contribution is 5.81. The lowest BCUT2D eigenvalue weighted by molar-refractivity contribution is -0.125. The minimum atomic E-state index is -0.504. The molecule has 0 spiro atoms. The number of carbonyl (C=O) groups excluding carboxylic acids is 2. The molecule has 5 heteroatoms. The van der Waals surface area contributed by atoms with Gasteiger partial charge in [0.2, 0.25) is 11.8 Å². The Kier molecular flexibility index (Phi) is 5.87. The quantitative estimate of drug-likeness (QED) is 0.510. The Morgan fingerprint density at radius 3 is 1.86 bits per heavy atom. The highest BCUT2D eigenvalue weighted by atomic mass is 16.2. The number of nitrogens with one attached hydrogen (secondary N) is 2. The predicted octanol–water partition coefficient (Wildman–Crippen LogP) is -0.778. The van der Waals surface area contributed by atoms with E-state index in [9.17, 15) is 9.59 Å². The van der Waals surface area contributed by atoms with Crippen LogP contribution in [0.25, 0.3) is 0 Å². The Morgan fingerprint density at radius 2 is 1.50 bits per heavy atom. The summed E-state index contributed by atoms with van der Waals surface area (Å²) >= 11 is 0. The van der Waals surface area contributed by atoms with E-state index in [4.69, 9.17) is 5.73 Å². The molecule has 0 rings (SSSR count). The molecular formula is C9H19N3O2. The van der Waals surface area contributed by atoms with Gasteiger partial charge in [0, 0.05) is 19.0 Å². The molecule has 0 saturated heterocycles. The van der Waals surface area contributed by atoms with E-state index in [0.29, 0.717) is 13.1 Å². The fourth-order valence-corrected chi connectivity index (χ4v) is 0.737. The zero-order valence-electron chi connectivity index (χ0n) is 8.96. The third kappa shape index (κ3) is 5.53. The summed E-state index contributed by atoms with van der Waals surface area (Å²) in [5.74, 6) is -0.247. The lowest BCUT2D eigenvalue weighted by Gasteiger charge is -2.09. The maximum atomic E-state index is 11.1. The number of carbonyl (C=O) groups is 2. The molecule has 0 radical (unpaired) electrons. The summed E-state index contributed by atoms with van der Waals surface area (Å²) in [6.45, 7) is 6.10. The second-order valence-corrected chi connectivity index (χ2v) is 3.53. The summed E-state index contributed by atoms with van der Waals surface area (Å²) in [6, 6.07) is -0.504. The molecule has 0 aliphatic rings. The van der Waals surface area contributed by atoms with Crippen molar-refractivity contribution in [1.29, 1.82) is 0 Å². The molecular weight excluding hydrogens is 182 g/mol. The van der Waals surface area contributed by atoms with Crippen LogP contribution in [0.2, 0.25) is 0 Å². The average molecular weight is 201 g/mol. The Balaban J connectivity index is 3.48. The number of rotatable bonds is 5. The molecule has 0 unspecified atom stereocenters. The first-order chi connectivity index (χ1) is 6.45. The summed E-state index contributed by atoms with van der Waals surface area (Å²) < 4.78 is 0. The van der Waals surface area contributed by atoms with Crippen LogP contribution in [0.15, 0.2) is 0 Å². The van der Waals surface area contributed by atoms with E-state index in [1.165, 1.54) is 0 Å². The third-order valence-corrected chi connectivity index (χ3v) is 1.66. The first-order valence-corrected chi connectivity index (χ1v) is 4.76. The minimum Gasteiger partial charge on any atom is -0.354 e. The zero-order valence-corrected chi connectivity index (χ0v) is 8.96. The van der Waals surface area contributed by atoms with E-state index < -0.39 is 6.04 Å². The molecule has 82 valence electrons. The van der Waals surface area contributed by atoms with Crippen molar-refractivity contribution >= 4 is 11.8 Å². The third-order valence-electron chi connectivity index (χ3n) is 1.66. The van der Waals surface area contributed by atoms with Crippen molar-refractivity contribution in [3.05, 3.63) is 0 Å².